The summed E-state index contributed by atoms with van der Waals surface area (Å²) in [5.41, 5.74) is 8.56. The van der Waals surface area contributed by atoms with Crippen LogP contribution in [0.15, 0.2) is 89.5 Å². The molecule has 2 aliphatic heterocycles. The summed E-state index contributed by atoms with van der Waals surface area (Å²) in [7, 11) is -3.78. The normalized spacial score (nSPS) is 16.4. The molecule has 2 aliphatic rings. The van der Waals surface area contributed by atoms with Crippen molar-refractivity contribution in [2.45, 2.75) is 44.1 Å². The lowest BCUT2D eigenvalue weighted by Gasteiger charge is -2.39. The Morgan fingerprint density at radius 2 is 1.60 bits per heavy atom. The monoisotopic (exact) mass is 673 g/mol. The maximum atomic E-state index is 13.3. The number of carbonyl (C=O) groups excluding carboxylic acids is 2. The first-order valence-corrected chi connectivity index (χ1v) is 17.5. The Kier molecular flexibility index (Phi) is 10.4. The van der Waals surface area contributed by atoms with Gasteiger partial charge in [-0.05, 0) is 75.6 Å². The molecular weight excluding hydrogens is 630 g/mol. The number of hydrogen-bond donors (Lipinski definition) is 2. The summed E-state index contributed by atoms with van der Waals surface area (Å²) >= 11 is 0. The van der Waals surface area contributed by atoms with Crippen LogP contribution in [-0.4, -0.2) is 90.8 Å². The minimum atomic E-state index is -3.78. The molecule has 0 saturated carbocycles. The molecule has 0 spiro atoms. The van der Waals surface area contributed by atoms with Crippen molar-refractivity contribution >= 4 is 44.9 Å². The number of ether oxygens (including phenoxy) is 1. The van der Waals surface area contributed by atoms with Crippen LogP contribution in [0.3, 0.4) is 0 Å². The Balaban J connectivity index is 1.21. The van der Waals surface area contributed by atoms with E-state index in [-0.39, 0.29) is 22.8 Å². The van der Waals surface area contributed by atoms with Crippen molar-refractivity contribution in [3.8, 4) is 11.1 Å². The molecule has 3 aromatic rings. The molecule has 1 aromatic heterocycles. The molecule has 2 saturated heterocycles. The second-order valence-corrected chi connectivity index (χ2v) is 14.6. The van der Waals surface area contributed by atoms with E-state index in [0.717, 1.165) is 5.56 Å². The molecule has 48 heavy (non-hydrogen) atoms. The number of carbonyl (C=O) groups is 2. The summed E-state index contributed by atoms with van der Waals surface area (Å²) in [6.07, 6.45) is 5.78. The first-order chi connectivity index (χ1) is 22.8. The van der Waals surface area contributed by atoms with Crippen molar-refractivity contribution in [3.63, 3.8) is 0 Å². The largest absolute Gasteiger partial charge is 0.444 e. The van der Waals surface area contributed by atoms with E-state index in [1.165, 1.54) is 18.3 Å². The number of nitrogens with zero attached hydrogens (tertiary/aromatic N) is 5. The molecule has 13 heteroatoms. The van der Waals surface area contributed by atoms with Gasteiger partial charge >= 0.3 is 6.09 Å². The molecule has 0 aliphatic carbocycles. The van der Waals surface area contributed by atoms with E-state index in [2.05, 4.69) is 21.2 Å². The van der Waals surface area contributed by atoms with Gasteiger partial charge in [0.1, 0.15) is 11.4 Å². The second kappa shape index (κ2) is 14.5. The zero-order valence-corrected chi connectivity index (χ0v) is 28.4. The molecule has 2 amide bonds. The molecule has 0 bridgehead atoms. The maximum absolute atomic E-state index is 13.3. The number of rotatable bonds is 7. The van der Waals surface area contributed by atoms with Crippen molar-refractivity contribution in [1.82, 2.24) is 19.7 Å². The number of nitrogen functional groups attached to an aromatic ring is 1. The van der Waals surface area contributed by atoms with E-state index in [1.54, 1.807) is 47.5 Å². The lowest BCUT2D eigenvalue weighted by Crippen LogP contribution is -2.53. The van der Waals surface area contributed by atoms with Gasteiger partial charge in [0.15, 0.2) is 0 Å². The summed E-state index contributed by atoms with van der Waals surface area (Å²) in [5, 5.41) is 0. The Bertz CT molecular complexity index is 1770. The highest BCUT2D eigenvalue weighted by atomic mass is 32.2. The fourth-order valence-electron chi connectivity index (χ4n) is 5.71. The number of benzene rings is 2. The molecule has 3 N–H and O–H groups in total. The van der Waals surface area contributed by atoms with Crippen LogP contribution in [0.1, 0.15) is 33.6 Å². The van der Waals surface area contributed by atoms with Crippen LogP contribution in [0.5, 0.6) is 0 Å². The number of aromatic nitrogens is 1. The number of pyridine rings is 1. The predicted octanol–water partition coefficient (Wildman–Crippen LogP) is 5.14. The van der Waals surface area contributed by atoms with Crippen LogP contribution in [0.2, 0.25) is 0 Å². The topological polar surface area (TPSA) is 151 Å². The Morgan fingerprint density at radius 3 is 2.25 bits per heavy atom. The lowest BCUT2D eigenvalue weighted by molar-refractivity contribution is -0.138. The fraction of sp³-hybridized carbons (Fsp3) is 0.371. The predicted molar refractivity (Wildman–Crippen MR) is 187 cm³/mol. The molecule has 5 rings (SSSR count). The summed E-state index contributed by atoms with van der Waals surface area (Å²) in [5.74, 6) is 0.667. The van der Waals surface area contributed by atoms with Crippen LogP contribution < -0.4 is 10.5 Å². The van der Waals surface area contributed by atoms with Gasteiger partial charge in [-0.2, -0.15) is 0 Å². The van der Waals surface area contributed by atoms with E-state index in [4.69, 9.17) is 15.5 Å². The molecule has 2 aromatic carbocycles. The van der Waals surface area contributed by atoms with Gasteiger partial charge < -0.3 is 25.2 Å². The number of amides is 2. The third-order valence-electron chi connectivity index (χ3n) is 8.24. The Morgan fingerprint density at radius 1 is 0.938 bits per heavy atom. The molecule has 254 valence electrons. The van der Waals surface area contributed by atoms with Crippen LogP contribution in [0, 0.1) is 5.92 Å². The van der Waals surface area contributed by atoms with Crippen LogP contribution in [-0.2, 0) is 19.6 Å². The summed E-state index contributed by atoms with van der Waals surface area (Å²) in [6, 6.07) is 15.3. The smallest absolute Gasteiger partial charge is 0.410 e. The Hall–Kier alpha value is -4.91. The zero-order valence-electron chi connectivity index (χ0n) is 27.6. The van der Waals surface area contributed by atoms with E-state index in [9.17, 15) is 18.0 Å². The van der Waals surface area contributed by atoms with Crippen molar-refractivity contribution in [3.05, 3.63) is 79.6 Å². The van der Waals surface area contributed by atoms with Gasteiger partial charge in [0.05, 0.1) is 28.2 Å². The molecule has 3 heterocycles. The van der Waals surface area contributed by atoms with Crippen LogP contribution in [0.25, 0.3) is 11.1 Å². The maximum Gasteiger partial charge on any atom is 0.410 e. The lowest BCUT2D eigenvalue weighted by atomic mass is 9.94. The average Bonchev–Trinajstić information content (AvgIpc) is 3.07. The number of likely N-dealkylation sites (tertiary alicyclic amines) is 1. The van der Waals surface area contributed by atoms with Gasteiger partial charge in [-0.25, -0.2) is 18.2 Å². The van der Waals surface area contributed by atoms with Gasteiger partial charge in [0.25, 0.3) is 10.0 Å². The molecule has 0 radical (unpaired) electrons. The molecule has 2 fully saturated rings. The van der Waals surface area contributed by atoms with E-state index >= 15 is 0 Å². The number of piperazine rings is 1. The van der Waals surface area contributed by atoms with Crippen molar-refractivity contribution in [2.75, 3.05) is 49.7 Å². The third kappa shape index (κ3) is 8.51. The van der Waals surface area contributed by atoms with Gasteiger partial charge in [0, 0.05) is 56.9 Å². The number of nitrogens with one attached hydrogen (secondary N) is 1. The molecule has 0 unspecified atom stereocenters. The van der Waals surface area contributed by atoms with Gasteiger partial charge in [-0.1, -0.05) is 30.8 Å². The number of anilines is 2. The molecule has 12 nitrogen and oxygen atoms in total. The van der Waals surface area contributed by atoms with E-state index in [0.29, 0.717) is 80.6 Å². The minimum Gasteiger partial charge on any atom is -0.444 e. The SMILES string of the molecule is C=C/C(=N\c1cc(-c2cncc(NS(=O)(=O)c3ccccc3)c2)ccc1N)N1CCC(C(=O)N2CCN(C(=O)OC(C)(C)C)CC2)CC1. The van der Waals surface area contributed by atoms with E-state index < -0.39 is 15.6 Å². The van der Waals surface area contributed by atoms with Crippen molar-refractivity contribution < 1.29 is 22.7 Å². The summed E-state index contributed by atoms with van der Waals surface area (Å²) < 4.78 is 33.7. The molecule has 0 atom stereocenters. The Labute approximate surface area is 282 Å². The standard InChI is InChI=1S/C35H43N7O5S/c1-5-32(40-15-13-25(14-16-40)33(43)41-17-19-42(20-18-41)34(44)47-35(2,3)4)38-31-22-26(11-12-30(31)36)27-21-28(24-37-23-27)39-48(45,46)29-9-7-6-8-10-29/h5-12,21-25,39H,1,13-20,36H2,2-4H3/b38-32+. The van der Waals surface area contributed by atoms with Crippen molar-refractivity contribution in [1.29, 1.82) is 0 Å². The number of sulfonamides is 1. The van der Waals surface area contributed by atoms with Crippen LogP contribution in [0.4, 0.5) is 21.9 Å². The summed E-state index contributed by atoms with van der Waals surface area (Å²) in [4.78, 5) is 40.6. The van der Waals surface area contributed by atoms with Gasteiger partial charge in [-0.3, -0.25) is 14.5 Å². The second-order valence-electron chi connectivity index (χ2n) is 12.9. The van der Waals surface area contributed by atoms with Gasteiger partial charge in [0.2, 0.25) is 5.91 Å². The number of amidine groups is 1. The van der Waals surface area contributed by atoms with E-state index in [1.807, 2.05) is 37.8 Å². The first-order valence-electron chi connectivity index (χ1n) is 16.0. The minimum absolute atomic E-state index is 0.104. The highest BCUT2D eigenvalue weighted by Crippen LogP contribution is 2.32. The quantitative estimate of drug-likeness (QED) is 0.199. The highest BCUT2D eigenvalue weighted by Gasteiger charge is 2.33. The number of nitrogens with two attached hydrogens (primary N) is 1. The molecular formula is C35H43N7O5S. The fourth-order valence-corrected chi connectivity index (χ4v) is 6.76. The highest BCUT2D eigenvalue weighted by molar-refractivity contribution is 7.92. The number of piperidine rings is 1. The average molecular weight is 674 g/mol. The van der Waals surface area contributed by atoms with Crippen LogP contribution >= 0.6 is 0 Å². The summed E-state index contributed by atoms with van der Waals surface area (Å²) in [6.45, 7) is 12.7. The third-order valence-corrected chi connectivity index (χ3v) is 9.63. The zero-order chi connectivity index (χ0) is 34.5. The van der Waals surface area contributed by atoms with Crippen molar-refractivity contribution in [2.24, 2.45) is 10.9 Å². The van der Waals surface area contributed by atoms with Gasteiger partial charge in [-0.15, -0.1) is 0 Å². The first kappa shape index (κ1) is 34.4. The number of aliphatic imine (C=N–C) groups is 1. The number of hydrogen-bond acceptors (Lipinski definition) is 8.